The van der Waals surface area contributed by atoms with Crippen LogP contribution in [0.2, 0.25) is 0 Å². The zero-order valence-electron chi connectivity index (χ0n) is 19.3. The van der Waals surface area contributed by atoms with Crippen LogP contribution in [0.4, 0.5) is 0 Å². The number of carbonyl (C=O) groups is 4. The number of hydrogen-bond donors (Lipinski definition) is 6. The summed E-state index contributed by atoms with van der Waals surface area (Å²) in [6.45, 7) is 4.83. The normalized spacial score (nSPS) is 14.6. The van der Waals surface area contributed by atoms with E-state index in [1.807, 2.05) is 6.26 Å². The first-order valence-corrected chi connectivity index (χ1v) is 12.0. The fraction of sp³-hybridized carbons (Fsp3) is 0.545. The average molecular weight is 483 g/mol. The first kappa shape index (κ1) is 28.2. The highest BCUT2D eigenvalue weighted by atomic mass is 32.2. The van der Waals surface area contributed by atoms with E-state index in [0.29, 0.717) is 11.3 Å². The molecule has 0 heterocycles. The summed E-state index contributed by atoms with van der Waals surface area (Å²) in [5, 5.41) is 26.6. The monoisotopic (exact) mass is 482 g/mol. The maximum absolute atomic E-state index is 13.1. The van der Waals surface area contributed by atoms with Crippen LogP contribution in [-0.2, 0) is 25.6 Å². The lowest BCUT2D eigenvalue weighted by molar-refractivity contribution is -0.143. The Kier molecular flexibility index (Phi) is 11.7. The Balaban J connectivity index is 3.06. The van der Waals surface area contributed by atoms with Crippen molar-refractivity contribution in [2.24, 2.45) is 11.7 Å². The standard InChI is InChI=1S/C22H34N4O6S/c1-12(2)18(22(31)32)26-20(29)16(9-10-33-4)24-21(30)17(25-19(28)13(3)23)11-14-5-7-15(27)8-6-14/h5-8,12-13,16-18,27H,9-11,23H2,1-4H3,(H,24,30)(H,25,28)(H,26,29)(H,31,32). The molecule has 184 valence electrons. The number of nitrogens with one attached hydrogen (secondary N) is 3. The number of phenolic OH excluding ortho intramolecular Hbond substituents is 1. The second-order valence-electron chi connectivity index (χ2n) is 8.13. The van der Waals surface area contributed by atoms with Crippen LogP contribution < -0.4 is 21.7 Å². The molecule has 0 aliphatic rings. The number of rotatable bonds is 13. The van der Waals surface area contributed by atoms with Gasteiger partial charge in [0.1, 0.15) is 23.9 Å². The third-order valence-electron chi connectivity index (χ3n) is 4.90. The van der Waals surface area contributed by atoms with E-state index < -0.39 is 47.9 Å². The number of amides is 3. The zero-order valence-corrected chi connectivity index (χ0v) is 20.1. The van der Waals surface area contributed by atoms with Gasteiger partial charge in [0.2, 0.25) is 17.7 Å². The van der Waals surface area contributed by atoms with Crippen molar-refractivity contribution in [3.63, 3.8) is 0 Å². The Labute approximate surface area is 198 Å². The maximum Gasteiger partial charge on any atom is 0.326 e. The van der Waals surface area contributed by atoms with Gasteiger partial charge in [0.05, 0.1) is 6.04 Å². The van der Waals surface area contributed by atoms with Gasteiger partial charge < -0.3 is 31.9 Å². The second-order valence-corrected chi connectivity index (χ2v) is 9.12. The molecule has 0 spiro atoms. The minimum Gasteiger partial charge on any atom is -0.508 e. The topological polar surface area (TPSA) is 171 Å². The second kappa shape index (κ2) is 13.7. The van der Waals surface area contributed by atoms with Crippen LogP contribution in [-0.4, -0.2) is 70.1 Å². The van der Waals surface area contributed by atoms with Gasteiger partial charge in [0.15, 0.2) is 0 Å². The Morgan fingerprint density at radius 2 is 1.48 bits per heavy atom. The van der Waals surface area contributed by atoms with E-state index in [1.54, 1.807) is 26.0 Å². The largest absolute Gasteiger partial charge is 0.508 e. The molecule has 11 heteroatoms. The summed E-state index contributed by atoms with van der Waals surface area (Å²) in [7, 11) is 0. The fourth-order valence-corrected chi connectivity index (χ4v) is 3.40. The molecule has 0 saturated carbocycles. The third-order valence-corrected chi connectivity index (χ3v) is 5.54. The predicted molar refractivity (Wildman–Crippen MR) is 127 cm³/mol. The molecule has 0 fully saturated rings. The van der Waals surface area contributed by atoms with E-state index in [9.17, 15) is 29.4 Å². The summed E-state index contributed by atoms with van der Waals surface area (Å²) < 4.78 is 0. The number of carboxylic acids is 1. The highest BCUT2D eigenvalue weighted by Gasteiger charge is 2.31. The van der Waals surface area contributed by atoms with Crippen molar-refractivity contribution in [3.8, 4) is 5.75 Å². The van der Waals surface area contributed by atoms with Crippen molar-refractivity contribution in [2.75, 3.05) is 12.0 Å². The van der Waals surface area contributed by atoms with Crippen molar-refractivity contribution in [1.82, 2.24) is 16.0 Å². The van der Waals surface area contributed by atoms with Crippen molar-refractivity contribution < 1.29 is 29.4 Å². The lowest BCUT2D eigenvalue weighted by Crippen LogP contribution is -2.58. The number of phenols is 1. The molecule has 4 unspecified atom stereocenters. The first-order valence-electron chi connectivity index (χ1n) is 10.6. The molecule has 4 atom stereocenters. The van der Waals surface area contributed by atoms with Gasteiger partial charge in [-0.3, -0.25) is 14.4 Å². The van der Waals surface area contributed by atoms with Crippen LogP contribution in [0, 0.1) is 5.92 Å². The lowest BCUT2D eigenvalue weighted by Gasteiger charge is -2.26. The Hall–Kier alpha value is -2.79. The van der Waals surface area contributed by atoms with Crippen LogP contribution >= 0.6 is 11.8 Å². The summed E-state index contributed by atoms with van der Waals surface area (Å²) in [5.41, 5.74) is 6.30. The molecule has 1 aromatic carbocycles. The van der Waals surface area contributed by atoms with Gasteiger partial charge in [-0.25, -0.2) is 4.79 Å². The number of nitrogens with two attached hydrogens (primary N) is 1. The van der Waals surface area contributed by atoms with Crippen LogP contribution in [0.1, 0.15) is 32.8 Å². The smallest absolute Gasteiger partial charge is 0.326 e. The molecule has 33 heavy (non-hydrogen) atoms. The van der Waals surface area contributed by atoms with E-state index in [-0.39, 0.29) is 24.5 Å². The summed E-state index contributed by atoms with van der Waals surface area (Å²) in [5.74, 6) is -2.66. The number of benzene rings is 1. The van der Waals surface area contributed by atoms with E-state index in [2.05, 4.69) is 16.0 Å². The molecule has 10 nitrogen and oxygen atoms in total. The zero-order chi connectivity index (χ0) is 25.1. The molecule has 1 aromatic rings. The Morgan fingerprint density at radius 1 is 0.939 bits per heavy atom. The van der Waals surface area contributed by atoms with Gasteiger partial charge in [-0.2, -0.15) is 11.8 Å². The average Bonchev–Trinajstić information content (AvgIpc) is 2.74. The molecule has 0 aliphatic heterocycles. The van der Waals surface area contributed by atoms with Gasteiger partial charge in [-0.05, 0) is 49.0 Å². The van der Waals surface area contributed by atoms with E-state index in [4.69, 9.17) is 5.73 Å². The Bertz CT molecular complexity index is 816. The number of aliphatic carboxylic acids is 1. The Morgan fingerprint density at radius 3 is 1.97 bits per heavy atom. The quantitative estimate of drug-likeness (QED) is 0.232. The number of carboxylic acid groups (broad SMARTS) is 1. The fourth-order valence-electron chi connectivity index (χ4n) is 2.92. The highest BCUT2D eigenvalue weighted by Crippen LogP contribution is 2.12. The van der Waals surface area contributed by atoms with Crippen molar-refractivity contribution in [3.05, 3.63) is 29.8 Å². The van der Waals surface area contributed by atoms with Crippen molar-refractivity contribution >= 4 is 35.5 Å². The number of hydrogen-bond acceptors (Lipinski definition) is 7. The summed E-state index contributed by atoms with van der Waals surface area (Å²) >= 11 is 1.48. The summed E-state index contributed by atoms with van der Waals surface area (Å²) in [6.07, 6.45) is 2.23. The van der Waals surface area contributed by atoms with Gasteiger partial charge >= 0.3 is 5.97 Å². The summed E-state index contributed by atoms with van der Waals surface area (Å²) in [4.78, 5) is 49.6. The predicted octanol–water partition coefficient (Wildman–Crippen LogP) is 0.230. The molecule has 7 N–H and O–H groups in total. The lowest BCUT2D eigenvalue weighted by atomic mass is 10.0. The van der Waals surface area contributed by atoms with Crippen LogP contribution in [0.15, 0.2) is 24.3 Å². The molecular formula is C22H34N4O6S. The number of aromatic hydroxyl groups is 1. The van der Waals surface area contributed by atoms with Gasteiger partial charge in [0.25, 0.3) is 0 Å². The third kappa shape index (κ3) is 9.70. The SMILES string of the molecule is CSCCC(NC(=O)C(Cc1ccc(O)cc1)NC(=O)C(C)N)C(=O)NC(C(=O)O)C(C)C. The van der Waals surface area contributed by atoms with E-state index in [0.717, 1.165) is 0 Å². The minimum atomic E-state index is -1.16. The molecule has 0 saturated heterocycles. The number of carbonyl (C=O) groups excluding carboxylic acids is 3. The maximum atomic E-state index is 13.1. The van der Waals surface area contributed by atoms with Gasteiger partial charge in [0, 0.05) is 6.42 Å². The molecule has 1 rings (SSSR count). The highest BCUT2D eigenvalue weighted by molar-refractivity contribution is 7.98. The molecular weight excluding hydrogens is 448 g/mol. The van der Waals surface area contributed by atoms with E-state index in [1.165, 1.54) is 30.8 Å². The van der Waals surface area contributed by atoms with Gasteiger partial charge in [-0.1, -0.05) is 26.0 Å². The van der Waals surface area contributed by atoms with Crippen molar-refractivity contribution in [2.45, 2.75) is 57.8 Å². The minimum absolute atomic E-state index is 0.0614. The summed E-state index contributed by atoms with van der Waals surface area (Å²) in [6, 6.07) is 2.19. The first-order chi connectivity index (χ1) is 15.5. The number of thioether (sulfide) groups is 1. The van der Waals surface area contributed by atoms with Crippen LogP contribution in [0.25, 0.3) is 0 Å². The van der Waals surface area contributed by atoms with Gasteiger partial charge in [-0.15, -0.1) is 0 Å². The van der Waals surface area contributed by atoms with Crippen LogP contribution in [0.5, 0.6) is 5.75 Å². The van der Waals surface area contributed by atoms with Crippen LogP contribution in [0.3, 0.4) is 0 Å². The molecule has 3 amide bonds. The molecule has 0 aliphatic carbocycles. The molecule has 0 aromatic heterocycles. The van der Waals surface area contributed by atoms with Crippen molar-refractivity contribution in [1.29, 1.82) is 0 Å². The van der Waals surface area contributed by atoms with E-state index >= 15 is 0 Å². The molecule has 0 radical (unpaired) electrons. The molecule has 0 bridgehead atoms.